The largest absolute Gasteiger partial charge is 0.465 e. The maximum absolute atomic E-state index is 13.7. The van der Waals surface area contributed by atoms with Gasteiger partial charge in [-0.25, -0.2) is 4.79 Å². The first-order valence-corrected chi connectivity index (χ1v) is 11.2. The molecule has 1 aromatic carbocycles. The van der Waals surface area contributed by atoms with Crippen molar-refractivity contribution in [1.29, 1.82) is 0 Å². The highest BCUT2D eigenvalue weighted by molar-refractivity contribution is 6.06. The Morgan fingerprint density at radius 3 is 2.53 bits per heavy atom. The first-order chi connectivity index (χ1) is 15.4. The summed E-state index contributed by atoms with van der Waals surface area (Å²) in [5.74, 6) is -0.870. The number of amides is 2. The predicted molar refractivity (Wildman–Crippen MR) is 113 cm³/mol. The molecule has 32 heavy (non-hydrogen) atoms. The average Bonchev–Trinajstić information content (AvgIpc) is 3.18. The lowest BCUT2D eigenvalue weighted by Crippen LogP contribution is -2.82. The van der Waals surface area contributed by atoms with Crippen LogP contribution in [0.5, 0.6) is 0 Å². The monoisotopic (exact) mass is 443 g/mol. The van der Waals surface area contributed by atoms with Gasteiger partial charge in [-0.1, -0.05) is 12.1 Å². The molecular formula is C23H29N3O6. The van der Waals surface area contributed by atoms with Crippen molar-refractivity contribution >= 4 is 17.8 Å². The molecule has 4 heterocycles. The van der Waals surface area contributed by atoms with Gasteiger partial charge >= 0.3 is 5.97 Å². The van der Waals surface area contributed by atoms with E-state index in [0.29, 0.717) is 37.7 Å². The maximum Gasteiger partial charge on any atom is 0.337 e. The van der Waals surface area contributed by atoms with E-state index in [-0.39, 0.29) is 18.4 Å². The molecular weight excluding hydrogens is 414 g/mol. The van der Waals surface area contributed by atoms with Gasteiger partial charge in [-0.15, -0.1) is 0 Å². The third-order valence-electron chi connectivity index (χ3n) is 7.38. The summed E-state index contributed by atoms with van der Waals surface area (Å²) in [6, 6.07) is 6.67. The number of carbonyl (C=O) groups excluding carboxylic acids is 3. The molecule has 2 atom stereocenters. The summed E-state index contributed by atoms with van der Waals surface area (Å²) < 4.78 is 10.2. The minimum atomic E-state index is -0.764. The Kier molecular flexibility index (Phi) is 5.53. The number of piperazine rings is 1. The van der Waals surface area contributed by atoms with Crippen LogP contribution in [-0.2, 0) is 25.6 Å². The van der Waals surface area contributed by atoms with Crippen molar-refractivity contribution in [2.75, 3.05) is 40.0 Å². The van der Waals surface area contributed by atoms with E-state index in [1.54, 1.807) is 24.3 Å². The minimum absolute atomic E-state index is 0.151. The molecule has 4 fully saturated rings. The molecule has 1 aromatic rings. The van der Waals surface area contributed by atoms with Gasteiger partial charge in [0.05, 0.1) is 31.4 Å². The summed E-state index contributed by atoms with van der Waals surface area (Å²) in [5.41, 5.74) is 0.419. The zero-order valence-electron chi connectivity index (χ0n) is 18.2. The van der Waals surface area contributed by atoms with Crippen LogP contribution in [-0.4, -0.2) is 101 Å². The summed E-state index contributed by atoms with van der Waals surface area (Å²) in [4.78, 5) is 44.3. The van der Waals surface area contributed by atoms with Crippen molar-refractivity contribution in [3.8, 4) is 0 Å². The molecule has 4 aliphatic rings. The SMILES string of the molecule is COC(=O)c1ccc(CN2C(=O)C3CC(O)CN3C3(CN(C4CCOCC4)C3)C2=O)cc1. The fourth-order valence-electron chi connectivity index (χ4n) is 5.62. The second-order valence-corrected chi connectivity index (χ2v) is 9.26. The summed E-state index contributed by atoms with van der Waals surface area (Å²) in [6.45, 7) is 3.12. The summed E-state index contributed by atoms with van der Waals surface area (Å²) in [7, 11) is 1.32. The van der Waals surface area contributed by atoms with E-state index in [0.717, 1.165) is 31.6 Å². The van der Waals surface area contributed by atoms with Crippen LogP contribution in [0.25, 0.3) is 0 Å². The van der Waals surface area contributed by atoms with E-state index in [9.17, 15) is 19.5 Å². The molecule has 2 amide bonds. The first-order valence-electron chi connectivity index (χ1n) is 11.2. The highest BCUT2D eigenvalue weighted by atomic mass is 16.5. The number of fused-ring (bicyclic) bond motifs is 2. The lowest BCUT2D eigenvalue weighted by Gasteiger charge is -2.60. The third-order valence-corrected chi connectivity index (χ3v) is 7.38. The third kappa shape index (κ3) is 3.44. The van der Waals surface area contributed by atoms with E-state index in [1.165, 1.54) is 12.0 Å². The number of benzene rings is 1. The second kappa shape index (κ2) is 8.22. The van der Waals surface area contributed by atoms with Gasteiger partial charge in [-0.05, 0) is 37.0 Å². The van der Waals surface area contributed by atoms with Gasteiger partial charge in [0, 0.05) is 38.9 Å². The number of hydrogen-bond donors (Lipinski definition) is 1. The number of esters is 1. The van der Waals surface area contributed by atoms with E-state index in [2.05, 4.69) is 4.90 Å². The highest BCUT2D eigenvalue weighted by Crippen LogP contribution is 2.42. The van der Waals surface area contributed by atoms with Crippen molar-refractivity contribution in [3.05, 3.63) is 35.4 Å². The van der Waals surface area contributed by atoms with Crippen molar-refractivity contribution in [3.63, 3.8) is 0 Å². The van der Waals surface area contributed by atoms with Crippen LogP contribution >= 0.6 is 0 Å². The number of hydrogen-bond acceptors (Lipinski definition) is 8. The molecule has 4 saturated heterocycles. The number of nitrogens with zero attached hydrogens (tertiary/aromatic N) is 3. The first kappa shape index (κ1) is 21.5. The fraction of sp³-hybridized carbons (Fsp3) is 0.609. The van der Waals surface area contributed by atoms with Crippen molar-refractivity contribution in [2.45, 2.75) is 49.5 Å². The van der Waals surface area contributed by atoms with E-state index in [4.69, 9.17) is 9.47 Å². The molecule has 0 bridgehead atoms. The van der Waals surface area contributed by atoms with E-state index >= 15 is 0 Å². The molecule has 5 rings (SSSR count). The van der Waals surface area contributed by atoms with Crippen molar-refractivity contribution < 1.29 is 29.0 Å². The number of β-amino-alcohol motifs (C(OH)–C–C–N with tert-alkyl or cyclic N) is 1. The second-order valence-electron chi connectivity index (χ2n) is 9.26. The van der Waals surface area contributed by atoms with Gasteiger partial charge in [-0.3, -0.25) is 24.3 Å². The van der Waals surface area contributed by atoms with E-state index in [1.807, 2.05) is 4.90 Å². The number of rotatable bonds is 4. The van der Waals surface area contributed by atoms with Crippen LogP contribution in [0, 0.1) is 0 Å². The Morgan fingerprint density at radius 1 is 1.19 bits per heavy atom. The Balaban J connectivity index is 1.37. The summed E-state index contributed by atoms with van der Waals surface area (Å²) in [5, 5.41) is 10.3. The number of aliphatic hydroxyl groups is 1. The summed E-state index contributed by atoms with van der Waals surface area (Å²) in [6.07, 6.45) is 1.64. The summed E-state index contributed by atoms with van der Waals surface area (Å²) >= 11 is 0. The van der Waals surface area contributed by atoms with Gasteiger partial charge in [0.1, 0.15) is 5.54 Å². The van der Waals surface area contributed by atoms with Gasteiger partial charge in [-0.2, -0.15) is 0 Å². The topological polar surface area (TPSA) is 99.6 Å². The van der Waals surface area contributed by atoms with Gasteiger partial charge in [0.2, 0.25) is 5.91 Å². The quantitative estimate of drug-likeness (QED) is 0.513. The van der Waals surface area contributed by atoms with Gasteiger partial charge < -0.3 is 14.6 Å². The molecule has 1 spiro atoms. The van der Waals surface area contributed by atoms with Gasteiger partial charge in [0.15, 0.2) is 0 Å². The number of ether oxygens (including phenoxy) is 2. The van der Waals surface area contributed by atoms with Crippen LogP contribution < -0.4 is 0 Å². The van der Waals surface area contributed by atoms with Crippen LogP contribution in [0.3, 0.4) is 0 Å². The Hall–Kier alpha value is -2.33. The number of methoxy groups -OCH3 is 1. The van der Waals surface area contributed by atoms with Crippen LogP contribution in [0.4, 0.5) is 0 Å². The Labute approximate surface area is 186 Å². The standard InChI is InChI=1S/C23H29N3O6/c1-31-21(29)16-4-2-15(3-5-16)11-25-20(28)19-10-18(27)12-26(19)23(22(25)30)13-24(14-23)17-6-8-32-9-7-17/h2-5,17-19,27H,6-14H2,1H3. The van der Waals surface area contributed by atoms with Crippen LogP contribution in [0.1, 0.15) is 35.2 Å². The Bertz CT molecular complexity index is 907. The fourth-order valence-corrected chi connectivity index (χ4v) is 5.62. The van der Waals surface area contributed by atoms with Crippen LogP contribution in [0.15, 0.2) is 24.3 Å². The number of aliphatic hydroxyl groups excluding tert-OH is 1. The lowest BCUT2D eigenvalue weighted by atomic mass is 9.80. The Morgan fingerprint density at radius 2 is 1.88 bits per heavy atom. The number of likely N-dealkylation sites (tertiary alicyclic amines) is 1. The highest BCUT2D eigenvalue weighted by Gasteiger charge is 2.64. The number of carbonyl (C=O) groups is 3. The lowest BCUT2D eigenvalue weighted by molar-refractivity contribution is -0.184. The maximum atomic E-state index is 13.7. The molecule has 0 radical (unpaired) electrons. The van der Waals surface area contributed by atoms with E-state index < -0.39 is 23.7 Å². The molecule has 172 valence electrons. The molecule has 2 unspecified atom stereocenters. The predicted octanol–water partition coefficient (Wildman–Crippen LogP) is 0.0106. The smallest absolute Gasteiger partial charge is 0.337 e. The molecule has 0 aliphatic carbocycles. The minimum Gasteiger partial charge on any atom is -0.465 e. The van der Waals surface area contributed by atoms with Crippen LogP contribution in [0.2, 0.25) is 0 Å². The van der Waals surface area contributed by atoms with Crippen molar-refractivity contribution in [1.82, 2.24) is 14.7 Å². The molecule has 0 saturated carbocycles. The molecule has 4 aliphatic heterocycles. The number of imide groups is 1. The molecule has 9 nitrogen and oxygen atoms in total. The molecule has 0 aromatic heterocycles. The normalized spacial score (nSPS) is 28.6. The zero-order valence-corrected chi connectivity index (χ0v) is 18.2. The molecule has 1 N–H and O–H groups in total. The average molecular weight is 444 g/mol. The zero-order chi connectivity index (χ0) is 22.5. The molecule has 9 heteroatoms. The van der Waals surface area contributed by atoms with Crippen molar-refractivity contribution in [2.24, 2.45) is 0 Å². The van der Waals surface area contributed by atoms with Gasteiger partial charge in [0.25, 0.3) is 5.91 Å².